The molecule has 0 radical (unpaired) electrons. The second-order valence-corrected chi connectivity index (χ2v) is 6.23. The molecule has 1 aromatic heterocycles. The lowest BCUT2D eigenvalue weighted by Crippen LogP contribution is -2.38. The molecule has 0 aliphatic carbocycles. The molecule has 2 heterocycles. The van der Waals surface area contributed by atoms with Crippen molar-refractivity contribution in [2.24, 2.45) is 0 Å². The first kappa shape index (κ1) is 17.3. The molecule has 0 saturated carbocycles. The van der Waals surface area contributed by atoms with Crippen LogP contribution >= 0.6 is 11.3 Å². The number of carbonyl (C=O) groups excluding carboxylic acids is 3. The highest BCUT2D eigenvalue weighted by Crippen LogP contribution is 2.18. The molecule has 9 nitrogen and oxygen atoms in total. The van der Waals surface area contributed by atoms with Crippen molar-refractivity contribution in [1.29, 1.82) is 0 Å². The summed E-state index contributed by atoms with van der Waals surface area (Å²) in [7, 11) is 0. The summed E-state index contributed by atoms with van der Waals surface area (Å²) in [6.45, 7) is -0.469. The second-order valence-electron chi connectivity index (χ2n) is 5.25. The van der Waals surface area contributed by atoms with E-state index in [0.717, 1.165) is 9.78 Å². The van der Waals surface area contributed by atoms with Crippen LogP contribution in [0.1, 0.15) is 4.88 Å². The summed E-state index contributed by atoms with van der Waals surface area (Å²) in [5.74, 6) is -1.19. The Morgan fingerprint density at radius 3 is 2.62 bits per heavy atom. The predicted octanol–water partition coefficient (Wildman–Crippen LogP) is 2.19. The first-order valence-corrected chi connectivity index (χ1v) is 8.24. The molecular weight excluding hydrogens is 360 g/mol. The molecule has 4 amide bonds. The maximum absolute atomic E-state index is 12.3. The zero-order chi connectivity index (χ0) is 18.7. The highest BCUT2D eigenvalue weighted by atomic mass is 32.1. The zero-order valence-electron chi connectivity index (χ0n) is 13.2. The number of benzene rings is 1. The summed E-state index contributed by atoms with van der Waals surface area (Å²) in [6.07, 6.45) is 1.54. The smallest absolute Gasteiger partial charge is 0.325 e. The number of nitro benzene ring substituents is 1. The van der Waals surface area contributed by atoms with Crippen molar-refractivity contribution < 1.29 is 19.3 Å². The van der Waals surface area contributed by atoms with Crippen molar-refractivity contribution in [2.75, 3.05) is 11.9 Å². The minimum Gasteiger partial charge on any atom is -0.325 e. The molecule has 2 N–H and O–H groups in total. The van der Waals surface area contributed by atoms with E-state index in [1.165, 1.54) is 35.6 Å². The van der Waals surface area contributed by atoms with Gasteiger partial charge in [-0.25, -0.2) is 9.69 Å². The molecule has 1 saturated heterocycles. The van der Waals surface area contributed by atoms with Crippen LogP contribution in [0, 0.1) is 10.1 Å². The van der Waals surface area contributed by atoms with Gasteiger partial charge in [-0.2, -0.15) is 0 Å². The number of thiophene rings is 1. The maximum Gasteiger partial charge on any atom is 0.329 e. The van der Waals surface area contributed by atoms with Crippen LogP contribution in [-0.4, -0.2) is 34.2 Å². The summed E-state index contributed by atoms with van der Waals surface area (Å²) >= 11 is 1.41. The van der Waals surface area contributed by atoms with Crippen LogP contribution in [-0.2, 0) is 9.59 Å². The molecule has 0 atom stereocenters. The molecule has 26 heavy (non-hydrogen) atoms. The molecule has 1 aromatic carbocycles. The van der Waals surface area contributed by atoms with Crippen molar-refractivity contribution in [3.8, 4) is 0 Å². The fourth-order valence-electron chi connectivity index (χ4n) is 2.24. The topological polar surface area (TPSA) is 122 Å². The first-order valence-electron chi connectivity index (χ1n) is 7.36. The Hall–Kier alpha value is -3.53. The van der Waals surface area contributed by atoms with E-state index in [-0.39, 0.29) is 11.4 Å². The third-order valence-electron chi connectivity index (χ3n) is 3.46. The molecule has 3 rings (SSSR count). The molecule has 10 heteroatoms. The van der Waals surface area contributed by atoms with Crippen molar-refractivity contribution in [3.63, 3.8) is 0 Å². The summed E-state index contributed by atoms with van der Waals surface area (Å²) in [6, 6.07) is 8.14. The quantitative estimate of drug-likeness (QED) is 0.361. The Labute approximate surface area is 151 Å². The summed E-state index contributed by atoms with van der Waals surface area (Å²) in [4.78, 5) is 47.9. The van der Waals surface area contributed by atoms with Gasteiger partial charge in [0, 0.05) is 22.7 Å². The molecule has 2 aromatic rings. The lowest BCUT2D eigenvalue weighted by Gasteiger charge is -2.11. The normalized spacial score (nSPS) is 15.2. The fourth-order valence-corrected chi connectivity index (χ4v) is 2.90. The number of carbonyl (C=O) groups is 3. The van der Waals surface area contributed by atoms with E-state index in [0.29, 0.717) is 5.69 Å². The monoisotopic (exact) mass is 372 g/mol. The maximum atomic E-state index is 12.3. The van der Waals surface area contributed by atoms with E-state index in [1.54, 1.807) is 12.1 Å². The van der Waals surface area contributed by atoms with Crippen LogP contribution in [0.15, 0.2) is 47.5 Å². The van der Waals surface area contributed by atoms with Gasteiger partial charge in [0.25, 0.3) is 11.6 Å². The minimum absolute atomic E-state index is 0.0978. The van der Waals surface area contributed by atoms with Crippen LogP contribution in [0.5, 0.6) is 0 Å². The zero-order valence-corrected chi connectivity index (χ0v) is 14.0. The minimum atomic E-state index is -0.684. The molecular formula is C16H12N4O5S. The van der Waals surface area contributed by atoms with Crippen molar-refractivity contribution >= 4 is 46.6 Å². The average molecular weight is 372 g/mol. The molecule has 132 valence electrons. The number of amides is 4. The van der Waals surface area contributed by atoms with E-state index in [1.807, 2.05) is 11.4 Å². The van der Waals surface area contributed by atoms with Gasteiger partial charge in [0.2, 0.25) is 5.91 Å². The van der Waals surface area contributed by atoms with E-state index in [2.05, 4.69) is 10.6 Å². The summed E-state index contributed by atoms with van der Waals surface area (Å²) in [5, 5.41) is 17.4. The fraction of sp³-hybridized carbons (Fsp3) is 0.0625. The number of nitrogens with zero attached hydrogens (tertiary/aromatic N) is 2. The van der Waals surface area contributed by atoms with Gasteiger partial charge in [0.05, 0.1) is 4.92 Å². The Kier molecular flexibility index (Phi) is 4.76. The SMILES string of the molecule is O=C(CN1C(=O)N/C(=C\c2cccs2)C1=O)Nc1ccc([N+](=O)[O-])cc1. The van der Waals surface area contributed by atoms with E-state index >= 15 is 0 Å². The van der Waals surface area contributed by atoms with Gasteiger partial charge in [0.1, 0.15) is 12.2 Å². The van der Waals surface area contributed by atoms with Crippen LogP contribution in [0.25, 0.3) is 6.08 Å². The van der Waals surface area contributed by atoms with Crippen molar-refractivity contribution in [3.05, 3.63) is 62.5 Å². The number of imide groups is 1. The van der Waals surface area contributed by atoms with Gasteiger partial charge in [0.15, 0.2) is 0 Å². The average Bonchev–Trinajstić information content (AvgIpc) is 3.20. The van der Waals surface area contributed by atoms with Gasteiger partial charge >= 0.3 is 6.03 Å². The Bertz CT molecular complexity index is 905. The van der Waals surface area contributed by atoms with Crippen molar-refractivity contribution in [2.45, 2.75) is 0 Å². The highest BCUT2D eigenvalue weighted by Gasteiger charge is 2.34. The highest BCUT2D eigenvalue weighted by molar-refractivity contribution is 7.10. The second kappa shape index (κ2) is 7.15. The molecule has 0 bridgehead atoms. The number of urea groups is 1. The van der Waals surface area contributed by atoms with Crippen LogP contribution in [0.4, 0.5) is 16.2 Å². The van der Waals surface area contributed by atoms with Gasteiger partial charge < -0.3 is 10.6 Å². The molecule has 1 aliphatic heterocycles. The van der Waals surface area contributed by atoms with Gasteiger partial charge in [-0.3, -0.25) is 19.7 Å². The summed E-state index contributed by atoms with van der Waals surface area (Å²) in [5.41, 5.74) is 0.308. The Morgan fingerprint density at radius 1 is 1.27 bits per heavy atom. The lowest BCUT2D eigenvalue weighted by molar-refractivity contribution is -0.384. The van der Waals surface area contributed by atoms with Gasteiger partial charge in [-0.15, -0.1) is 11.3 Å². The van der Waals surface area contributed by atoms with Crippen LogP contribution in [0.2, 0.25) is 0 Å². The number of hydrogen-bond acceptors (Lipinski definition) is 6. The standard InChI is InChI=1S/C16H12N4O5S/c21-14(17-10-3-5-11(6-4-10)20(24)25)9-19-15(22)13(18-16(19)23)8-12-2-1-7-26-12/h1-8H,9H2,(H,17,21)(H,18,23)/b13-8-. The number of hydrogen-bond donors (Lipinski definition) is 2. The number of nitro groups is 1. The van der Waals surface area contributed by atoms with E-state index < -0.39 is 29.3 Å². The predicted molar refractivity (Wildman–Crippen MR) is 94.3 cm³/mol. The van der Waals surface area contributed by atoms with Crippen LogP contribution < -0.4 is 10.6 Å². The van der Waals surface area contributed by atoms with Gasteiger partial charge in [-0.1, -0.05) is 6.07 Å². The number of anilines is 1. The van der Waals surface area contributed by atoms with E-state index in [9.17, 15) is 24.5 Å². The number of rotatable bonds is 5. The number of non-ortho nitro benzene ring substituents is 1. The Morgan fingerprint density at radius 2 is 2.00 bits per heavy atom. The Balaban J connectivity index is 1.64. The lowest BCUT2D eigenvalue weighted by atomic mass is 10.3. The third kappa shape index (κ3) is 3.75. The van der Waals surface area contributed by atoms with E-state index in [4.69, 9.17) is 0 Å². The molecule has 1 aliphatic rings. The first-order chi connectivity index (χ1) is 12.4. The molecule has 0 unspecified atom stereocenters. The van der Waals surface area contributed by atoms with Crippen LogP contribution in [0.3, 0.4) is 0 Å². The third-order valence-corrected chi connectivity index (χ3v) is 4.28. The molecule has 1 fully saturated rings. The summed E-state index contributed by atoms with van der Waals surface area (Å²) < 4.78 is 0. The largest absolute Gasteiger partial charge is 0.329 e. The molecule has 0 spiro atoms. The van der Waals surface area contributed by atoms with Gasteiger partial charge in [-0.05, 0) is 29.7 Å². The van der Waals surface area contributed by atoms with Crippen molar-refractivity contribution in [1.82, 2.24) is 10.2 Å². The number of nitrogens with one attached hydrogen (secondary N) is 2.